The molecule has 1 spiro atoms. The van der Waals surface area contributed by atoms with Crippen LogP contribution in [0.15, 0.2) is 53.5 Å². The third-order valence-corrected chi connectivity index (χ3v) is 6.78. The molecule has 0 aliphatic carbocycles. The highest BCUT2D eigenvalue weighted by Crippen LogP contribution is 2.48. The van der Waals surface area contributed by atoms with Crippen LogP contribution in [0.3, 0.4) is 0 Å². The van der Waals surface area contributed by atoms with Gasteiger partial charge in [-0.1, -0.05) is 24.3 Å². The van der Waals surface area contributed by atoms with Gasteiger partial charge in [0.15, 0.2) is 0 Å². The van der Waals surface area contributed by atoms with Crippen molar-refractivity contribution in [3.8, 4) is 0 Å². The second-order valence-electron chi connectivity index (χ2n) is 8.84. The molecule has 1 aromatic heterocycles. The zero-order valence-corrected chi connectivity index (χ0v) is 17.7. The highest BCUT2D eigenvalue weighted by Gasteiger charge is 2.44. The van der Waals surface area contributed by atoms with Crippen molar-refractivity contribution in [1.82, 2.24) is 15.3 Å². The Morgan fingerprint density at radius 1 is 1.03 bits per heavy atom. The summed E-state index contributed by atoms with van der Waals surface area (Å²) < 4.78 is 0. The number of rotatable bonds is 3. The van der Waals surface area contributed by atoms with Crippen molar-refractivity contribution in [2.24, 2.45) is 4.99 Å². The molecule has 4 heterocycles. The molecule has 0 radical (unpaired) electrons. The number of nitrogens with zero attached hydrogens (tertiary/aromatic N) is 4. The second-order valence-corrected chi connectivity index (χ2v) is 8.84. The smallest absolute Gasteiger partial charge is 0.232 e. The molecule has 3 aromatic rings. The fourth-order valence-corrected chi connectivity index (χ4v) is 5.21. The van der Waals surface area contributed by atoms with Gasteiger partial charge in [0, 0.05) is 41.3 Å². The maximum atomic E-state index is 4.94. The molecule has 0 bridgehead atoms. The number of nitrogens with one attached hydrogen (secondary N) is 2. The number of aliphatic imine (C=N–C) groups is 1. The van der Waals surface area contributed by atoms with Crippen molar-refractivity contribution in [3.05, 3.63) is 70.9 Å². The van der Waals surface area contributed by atoms with Gasteiger partial charge in [-0.05, 0) is 67.7 Å². The van der Waals surface area contributed by atoms with Gasteiger partial charge < -0.3 is 15.5 Å². The quantitative estimate of drug-likeness (QED) is 0.676. The van der Waals surface area contributed by atoms with E-state index in [4.69, 9.17) is 9.97 Å². The molecule has 0 atom stereocenters. The van der Waals surface area contributed by atoms with E-state index >= 15 is 0 Å². The minimum Gasteiger partial charge on any atom is -0.340 e. The molecular weight excluding hydrogens is 384 g/mol. The number of hydrogen-bond acceptors (Lipinski definition) is 6. The first kappa shape index (κ1) is 18.5. The Morgan fingerprint density at radius 3 is 2.81 bits per heavy atom. The van der Waals surface area contributed by atoms with Gasteiger partial charge in [0.2, 0.25) is 5.95 Å². The first-order valence-corrected chi connectivity index (χ1v) is 11.0. The third kappa shape index (κ3) is 3.18. The van der Waals surface area contributed by atoms with Crippen LogP contribution in [0.4, 0.5) is 23.1 Å². The van der Waals surface area contributed by atoms with Crippen LogP contribution in [-0.2, 0) is 12.0 Å². The molecule has 2 N–H and O–H groups in total. The molecule has 6 nitrogen and oxygen atoms in total. The van der Waals surface area contributed by atoms with Crippen molar-refractivity contribution in [2.45, 2.75) is 31.7 Å². The number of piperidine rings is 1. The molecular formula is C25H26N6. The summed E-state index contributed by atoms with van der Waals surface area (Å²) in [6.45, 7) is 5.87. The van der Waals surface area contributed by atoms with Gasteiger partial charge in [-0.3, -0.25) is 4.99 Å². The van der Waals surface area contributed by atoms with Crippen LogP contribution >= 0.6 is 0 Å². The molecule has 6 rings (SSSR count). The lowest BCUT2D eigenvalue weighted by Crippen LogP contribution is -2.42. The van der Waals surface area contributed by atoms with E-state index in [2.05, 4.69) is 63.0 Å². The summed E-state index contributed by atoms with van der Waals surface area (Å²) in [4.78, 5) is 16.4. The predicted molar refractivity (Wildman–Crippen MR) is 125 cm³/mol. The number of aromatic nitrogens is 2. The lowest BCUT2D eigenvalue weighted by molar-refractivity contribution is 0.329. The van der Waals surface area contributed by atoms with E-state index in [-0.39, 0.29) is 5.41 Å². The van der Waals surface area contributed by atoms with Gasteiger partial charge in [-0.2, -0.15) is 4.98 Å². The van der Waals surface area contributed by atoms with Gasteiger partial charge in [0.05, 0.1) is 6.54 Å². The van der Waals surface area contributed by atoms with Crippen LogP contribution in [0.2, 0.25) is 0 Å². The van der Waals surface area contributed by atoms with Crippen molar-refractivity contribution >= 4 is 29.4 Å². The van der Waals surface area contributed by atoms with Crippen molar-refractivity contribution in [1.29, 1.82) is 0 Å². The van der Waals surface area contributed by atoms with Gasteiger partial charge in [0.1, 0.15) is 5.82 Å². The normalized spacial score (nSPS) is 18.3. The minimum atomic E-state index is 0.182. The molecule has 3 aliphatic rings. The molecule has 0 unspecified atom stereocenters. The van der Waals surface area contributed by atoms with Crippen LogP contribution in [0, 0.1) is 6.92 Å². The standard InChI is InChI=1S/C25H26N6/c1-17-12-23(29-20-7-6-18-14-27-15-19(18)13-20)30-24(28-17)31-16-25(8-10-26-11-9-25)21-4-2-3-5-22(21)31/h2-7,12-13,15,26H,8-11,14,16H2,1H3,(H,28,29,30). The number of para-hydroxylation sites is 1. The summed E-state index contributed by atoms with van der Waals surface area (Å²) >= 11 is 0. The second kappa shape index (κ2) is 7.17. The van der Waals surface area contributed by atoms with E-state index in [0.717, 1.165) is 62.2 Å². The Balaban J connectivity index is 1.35. The Hall–Kier alpha value is -3.25. The van der Waals surface area contributed by atoms with Gasteiger partial charge in [0.25, 0.3) is 0 Å². The van der Waals surface area contributed by atoms with Crippen LogP contribution < -0.4 is 15.5 Å². The fourth-order valence-electron chi connectivity index (χ4n) is 5.21. The van der Waals surface area contributed by atoms with E-state index in [9.17, 15) is 0 Å². The lowest BCUT2D eigenvalue weighted by Gasteiger charge is -2.34. The Labute approximate surface area is 182 Å². The maximum absolute atomic E-state index is 4.94. The Kier molecular flexibility index (Phi) is 4.28. The summed E-state index contributed by atoms with van der Waals surface area (Å²) in [6.07, 6.45) is 4.24. The van der Waals surface area contributed by atoms with E-state index < -0.39 is 0 Å². The summed E-state index contributed by atoms with van der Waals surface area (Å²) in [5.74, 6) is 1.59. The first-order chi connectivity index (χ1) is 15.2. The number of hydrogen-bond donors (Lipinski definition) is 2. The lowest BCUT2D eigenvalue weighted by atomic mass is 9.75. The highest BCUT2D eigenvalue weighted by molar-refractivity contribution is 5.86. The molecule has 2 aromatic carbocycles. The highest BCUT2D eigenvalue weighted by atomic mass is 15.3. The first-order valence-electron chi connectivity index (χ1n) is 11.0. The van der Waals surface area contributed by atoms with Crippen LogP contribution in [0.25, 0.3) is 0 Å². The average molecular weight is 411 g/mol. The molecule has 1 saturated heterocycles. The summed E-state index contributed by atoms with van der Waals surface area (Å²) in [6, 6.07) is 17.2. The monoisotopic (exact) mass is 410 g/mol. The number of anilines is 4. The van der Waals surface area contributed by atoms with Crippen molar-refractivity contribution < 1.29 is 0 Å². The fraction of sp³-hybridized carbons (Fsp3) is 0.320. The molecule has 0 saturated carbocycles. The number of benzene rings is 2. The number of fused-ring (bicyclic) bond motifs is 3. The van der Waals surface area contributed by atoms with E-state index in [0.29, 0.717) is 0 Å². The largest absolute Gasteiger partial charge is 0.340 e. The molecule has 6 heteroatoms. The van der Waals surface area contributed by atoms with E-state index in [1.54, 1.807) is 0 Å². The molecule has 156 valence electrons. The molecule has 31 heavy (non-hydrogen) atoms. The average Bonchev–Trinajstić information content (AvgIpc) is 3.37. The number of aryl methyl sites for hydroxylation is 1. The van der Waals surface area contributed by atoms with Crippen LogP contribution in [0.5, 0.6) is 0 Å². The summed E-state index contributed by atoms with van der Waals surface area (Å²) in [5, 5.41) is 7.00. The maximum Gasteiger partial charge on any atom is 0.232 e. The van der Waals surface area contributed by atoms with Gasteiger partial charge >= 0.3 is 0 Å². The zero-order valence-electron chi connectivity index (χ0n) is 17.7. The molecule has 3 aliphatic heterocycles. The minimum absolute atomic E-state index is 0.182. The Morgan fingerprint density at radius 2 is 1.90 bits per heavy atom. The van der Waals surface area contributed by atoms with Gasteiger partial charge in [-0.15, -0.1) is 0 Å². The molecule has 0 amide bonds. The SMILES string of the molecule is Cc1cc(Nc2ccc3c(c2)C=NC3)nc(N2CC3(CCNCC3)c3ccccc32)n1. The van der Waals surface area contributed by atoms with Crippen molar-refractivity contribution in [3.63, 3.8) is 0 Å². The summed E-state index contributed by atoms with van der Waals surface area (Å²) in [5.41, 5.74) is 7.29. The van der Waals surface area contributed by atoms with E-state index in [1.807, 2.05) is 19.2 Å². The third-order valence-electron chi connectivity index (χ3n) is 6.78. The van der Waals surface area contributed by atoms with Gasteiger partial charge in [-0.25, -0.2) is 4.98 Å². The molecule has 1 fully saturated rings. The van der Waals surface area contributed by atoms with Crippen LogP contribution in [-0.4, -0.2) is 35.8 Å². The predicted octanol–water partition coefficient (Wildman–Crippen LogP) is 4.23. The zero-order chi connectivity index (χ0) is 20.8. The van der Waals surface area contributed by atoms with E-state index in [1.165, 1.54) is 22.4 Å². The van der Waals surface area contributed by atoms with Crippen molar-refractivity contribution in [2.75, 3.05) is 29.9 Å². The topological polar surface area (TPSA) is 65.4 Å². The van der Waals surface area contributed by atoms with Crippen LogP contribution in [0.1, 0.15) is 35.2 Å². The Bertz CT molecular complexity index is 1180. The summed E-state index contributed by atoms with van der Waals surface area (Å²) in [7, 11) is 0.